The fourth-order valence-corrected chi connectivity index (χ4v) is 1.51. The zero-order valence-corrected chi connectivity index (χ0v) is 10.0. The van der Waals surface area contributed by atoms with E-state index in [0.717, 1.165) is 17.1 Å². The summed E-state index contributed by atoms with van der Waals surface area (Å²) in [4.78, 5) is 6.10. The van der Waals surface area contributed by atoms with Crippen molar-refractivity contribution in [3.63, 3.8) is 0 Å². The van der Waals surface area contributed by atoms with Gasteiger partial charge in [-0.25, -0.2) is 4.98 Å². The van der Waals surface area contributed by atoms with E-state index in [2.05, 4.69) is 27.3 Å². The molecule has 0 fully saturated rings. The molecule has 0 amide bonds. The maximum atomic E-state index is 5.54. The van der Waals surface area contributed by atoms with E-state index < -0.39 is 0 Å². The molecule has 17 heavy (non-hydrogen) atoms. The number of hydrogen-bond acceptors (Lipinski definition) is 4. The maximum Gasteiger partial charge on any atom is 0.123 e. The van der Waals surface area contributed by atoms with E-state index in [1.54, 1.807) is 12.3 Å². The first-order valence-electron chi connectivity index (χ1n) is 5.41. The Kier molecular flexibility index (Phi) is 3.14. The molecule has 1 aromatic heterocycles. The van der Waals surface area contributed by atoms with E-state index >= 15 is 0 Å². The van der Waals surface area contributed by atoms with E-state index in [1.165, 1.54) is 0 Å². The van der Waals surface area contributed by atoms with Gasteiger partial charge >= 0.3 is 0 Å². The standard InChI is InChI=1S/C13H16N4/c1-17(2)12-5-3-4-10(8-12)16-11-6-7-13(14)15-9-11/h3-9,16H,1-2H3,(H2,14,15). The van der Waals surface area contributed by atoms with E-state index in [-0.39, 0.29) is 0 Å². The summed E-state index contributed by atoms with van der Waals surface area (Å²) in [6, 6.07) is 11.9. The third kappa shape index (κ3) is 2.87. The SMILES string of the molecule is CN(C)c1cccc(Nc2ccc(N)nc2)c1. The molecule has 0 aliphatic carbocycles. The molecule has 1 aromatic carbocycles. The van der Waals surface area contributed by atoms with Gasteiger partial charge in [0, 0.05) is 25.5 Å². The number of nitrogens with two attached hydrogens (primary N) is 1. The van der Waals surface area contributed by atoms with E-state index in [1.807, 2.05) is 32.3 Å². The number of anilines is 4. The van der Waals surface area contributed by atoms with Crippen LogP contribution >= 0.6 is 0 Å². The highest BCUT2D eigenvalue weighted by molar-refractivity contribution is 5.64. The van der Waals surface area contributed by atoms with Crippen molar-refractivity contribution >= 4 is 22.9 Å². The highest BCUT2D eigenvalue weighted by Crippen LogP contribution is 2.21. The van der Waals surface area contributed by atoms with Gasteiger partial charge < -0.3 is 16.0 Å². The van der Waals surface area contributed by atoms with Crippen molar-refractivity contribution in [3.05, 3.63) is 42.6 Å². The summed E-state index contributed by atoms with van der Waals surface area (Å²) < 4.78 is 0. The second kappa shape index (κ2) is 4.74. The lowest BCUT2D eigenvalue weighted by Crippen LogP contribution is -2.08. The fourth-order valence-electron chi connectivity index (χ4n) is 1.51. The van der Waals surface area contributed by atoms with Gasteiger partial charge in [-0.05, 0) is 30.3 Å². The van der Waals surface area contributed by atoms with Crippen molar-refractivity contribution < 1.29 is 0 Å². The topological polar surface area (TPSA) is 54.2 Å². The Morgan fingerprint density at radius 1 is 1.12 bits per heavy atom. The number of nitrogens with zero attached hydrogens (tertiary/aromatic N) is 2. The van der Waals surface area contributed by atoms with Crippen LogP contribution in [0, 0.1) is 0 Å². The van der Waals surface area contributed by atoms with Crippen LogP contribution in [0.3, 0.4) is 0 Å². The van der Waals surface area contributed by atoms with Crippen molar-refractivity contribution in [2.24, 2.45) is 0 Å². The lowest BCUT2D eigenvalue weighted by atomic mass is 10.2. The lowest BCUT2D eigenvalue weighted by Gasteiger charge is -2.14. The second-order valence-electron chi connectivity index (χ2n) is 4.04. The van der Waals surface area contributed by atoms with E-state index in [4.69, 9.17) is 5.73 Å². The van der Waals surface area contributed by atoms with Gasteiger partial charge in [0.05, 0.1) is 11.9 Å². The minimum atomic E-state index is 0.526. The molecular formula is C13H16N4. The smallest absolute Gasteiger partial charge is 0.123 e. The summed E-state index contributed by atoms with van der Waals surface area (Å²) in [6.07, 6.45) is 1.72. The molecule has 0 atom stereocenters. The summed E-state index contributed by atoms with van der Waals surface area (Å²) in [5.41, 5.74) is 8.65. The normalized spacial score (nSPS) is 10.0. The molecule has 2 aromatic rings. The molecule has 0 bridgehead atoms. The van der Waals surface area contributed by atoms with Crippen molar-refractivity contribution in [3.8, 4) is 0 Å². The van der Waals surface area contributed by atoms with Gasteiger partial charge in [-0.15, -0.1) is 0 Å². The van der Waals surface area contributed by atoms with Crippen LogP contribution < -0.4 is 16.0 Å². The van der Waals surface area contributed by atoms with Gasteiger partial charge in [-0.3, -0.25) is 0 Å². The number of benzene rings is 1. The Morgan fingerprint density at radius 3 is 2.59 bits per heavy atom. The predicted octanol–water partition coefficient (Wildman–Crippen LogP) is 2.47. The van der Waals surface area contributed by atoms with Crippen LogP contribution in [0.4, 0.5) is 22.9 Å². The van der Waals surface area contributed by atoms with Gasteiger partial charge in [-0.1, -0.05) is 6.07 Å². The quantitative estimate of drug-likeness (QED) is 0.847. The number of nitrogen functional groups attached to an aromatic ring is 1. The monoisotopic (exact) mass is 228 g/mol. The number of aromatic nitrogens is 1. The molecule has 0 radical (unpaired) electrons. The Balaban J connectivity index is 2.18. The number of hydrogen-bond donors (Lipinski definition) is 2. The average Bonchev–Trinajstić information content (AvgIpc) is 2.32. The third-order valence-electron chi connectivity index (χ3n) is 2.44. The van der Waals surface area contributed by atoms with Gasteiger partial charge in [-0.2, -0.15) is 0 Å². The van der Waals surface area contributed by atoms with Crippen LogP contribution in [0.2, 0.25) is 0 Å². The highest BCUT2D eigenvalue weighted by Gasteiger charge is 1.98. The third-order valence-corrected chi connectivity index (χ3v) is 2.44. The van der Waals surface area contributed by atoms with Gasteiger partial charge in [0.25, 0.3) is 0 Å². The number of pyridine rings is 1. The molecule has 0 unspecified atom stereocenters. The van der Waals surface area contributed by atoms with Gasteiger partial charge in [0.15, 0.2) is 0 Å². The summed E-state index contributed by atoms with van der Waals surface area (Å²) in [7, 11) is 4.04. The van der Waals surface area contributed by atoms with E-state index in [9.17, 15) is 0 Å². The molecule has 3 N–H and O–H groups in total. The summed E-state index contributed by atoms with van der Waals surface area (Å²) >= 11 is 0. The Hall–Kier alpha value is -2.23. The molecular weight excluding hydrogens is 212 g/mol. The molecule has 1 heterocycles. The predicted molar refractivity (Wildman–Crippen MR) is 72.7 cm³/mol. The second-order valence-corrected chi connectivity index (χ2v) is 4.04. The molecule has 88 valence electrons. The highest BCUT2D eigenvalue weighted by atomic mass is 15.1. The van der Waals surface area contributed by atoms with Crippen molar-refractivity contribution in [2.45, 2.75) is 0 Å². The molecule has 0 aliphatic rings. The molecule has 4 heteroatoms. The van der Waals surface area contributed by atoms with Crippen LogP contribution in [-0.2, 0) is 0 Å². The van der Waals surface area contributed by atoms with Gasteiger partial charge in [0.2, 0.25) is 0 Å². The van der Waals surface area contributed by atoms with Crippen molar-refractivity contribution in [1.82, 2.24) is 4.98 Å². The van der Waals surface area contributed by atoms with E-state index in [0.29, 0.717) is 5.82 Å². The molecule has 0 spiro atoms. The largest absolute Gasteiger partial charge is 0.384 e. The average molecular weight is 228 g/mol. The zero-order valence-electron chi connectivity index (χ0n) is 10.0. The Labute approximate surface area is 101 Å². The molecule has 4 nitrogen and oxygen atoms in total. The van der Waals surface area contributed by atoms with Crippen molar-refractivity contribution in [1.29, 1.82) is 0 Å². The van der Waals surface area contributed by atoms with Crippen LogP contribution in [0.15, 0.2) is 42.6 Å². The Morgan fingerprint density at radius 2 is 1.94 bits per heavy atom. The minimum absolute atomic E-state index is 0.526. The zero-order chi connectivity index (χ0) is 12.3. The first kappa shape index (κ1) is 11.3. The van der Waals surface area contributed by atoms with Crippen LogP contribution in [0.1, 0.15) is 0 Å². The first-order valence-corrected chi connectivity index (χ1v) is 5.41. The van der Waals surface area contributed by atoms with Crippen LogP contribution in [-0.4, -0.2) is 19.1 Å². The molecule has 0 saturated heterocycles. The van der Waals surface area contributed by atoms with Gasteiger partial charge in [0.1, 0.15) is 5.82 Å². The first-order chi connectivity index (χ1) is 8.15. The fraction of sp³-hybridized carbons (Fsp3) is 0.154. The number of rotatable bonds is 3. The lowest BCUT2D eigenvalue weighted by molar-refractivity contribution is 1.13. The summed E-state index contributed by atoms with van der Waals surface area (Å²) in [5, 5.41) is 3.28. The maximum absolute atomic E-state index is 5.54. The molecule has 2 rings (SSSR count). The van der Waals surface area contributed by atoms with Crippen LogP contribution in [0.25, 0.3) is 0 Å². The summed E-state index contributed by atoms with van der Waals surface area (Å²) in [6.45, 7) is 0. The molecule has 0 saturated carbocycles. The minimum Gasteiger partial charge on any atom is -0.384 e. The Bertz CT molecular complexity index is 491. The van der Waals surface area contributed by atoms with Crippen molar-refractivity contribution in [2.75, 3.05) is 30.0 Å². The molecule has 0 aliphatic heterocycles. The summed E-state index contributed by atoms with van der Waals surface area (Å²) in [5.74, 6) is 0.526. The number of nitrogens with one attached hydrogen (secondary N) is 1. The van der Waals surface area contributed by atoms with Crippen LogP contribution in [0.5, 0.6) is 0 Å².